The van der Waals surface area contributed by atoms with Gasteiger partial charge in [-0.05, 0) is 44.6 Å². The minimum atomic E-state index is -4.35. The number of amidine groups is 1. The van der Waals surface area contributed by atoms with Crippen LogP contribution in [0.2, 0.25) is 0 Å². The Morgan fingerprint density at radius 1 is 1.33 bits per heavy atom. The molecule has 0 saturated heterocycles. The molecule has 0 amide bonds. The molecular weight excluding hydrogens is 283 g/mol. The molecule has 5 nitrogen and oxygen atoms in total. The molecule has 0 fully saturated rings. The zero-order valence-electron chi connectivity index (χ0n) is 12.0. The second-order valence-electron chi connectivity index (χ2n) is 4.65. The van der Waals surface area contributed by atoms with Crippen molar-refractivity contribution >= 4 is 5.84 Å². The van der Waals surface area contributed by atoms with Gasteiger partial charge in [-0.3, -0.25) is 0 Å². The van der Waals surface area contributed by atoms with Crippen LogP contribution >= 0.6 is 0 Å². The molecule has 0 heterocycles. The molecule has 0 saturated carbocycles. The molecule has 0 aliphatic carbocycles. The maximum Gasteiger partial charge on any atom is 0.416 e. The summed E-state index contributed by atoms with van der Waals surface area (Å²) in [6, 6.07) is 4.52. The molecule has 1 rings (SSSR count). The number of hydrogen-bond acceptors (Lipinski definition) is 4. The Hall–Kier alpha value is -1.80. The molecule has 0 aliphatic rings. The standard InChI is InChI=1S/C13H20F3N5/c1-9(17)20-21(18)12(7-8-19-2)10-3-5-11(6-4-10)13(14,15)16/h3-6,12,19H,7-8,18H2,1-2H3,(H2,17,20). The molecular formula is C13H20F3N5. The molecule has 0 aliphatic heterocycles. The van der Waals surface area contributed by atoms with Gasteiger partial charge in [-0.15, -0.1) is 5.10 Å². The van der Waals surface area contributed by atoms with Gasteiger partial charge in [0, 0.05) is 0 Å². The van der Waals surface area contributed by atoms with Crippen molar-refractivity contribution in [3.63, 3.8) is 0 Å². The second-order valence-corrected chi connectivity index (χ2v) is 4.65. The third kappa shape index (κ3) is 5.24. The van der Waals surface area contributed by atoms with Crippen molar-refractivity contribution in [2.75, 3.05) is 13.6 Å². The van der Waals surface area contributed by atoms with E-state index in [1.165, 1.54) is 17.3 Å². The normalized spacial score (nSPS) is 14.1. The third-order valence-corrected chi connectivity index (χ3v) is 2.88. The van der Waals surface area contributed by atoms with Gasteiger partial charge in [0.05, 0.1) is 11.6 Å². The molecule has 1 atom stereocenters. The largest absolute Gasteiger partial charge is 0.416 e. The molecule has 0 radical (unpaired) electrons. The van der Waals surface area contributed by atoms with Gasteiger partial charge < -0.3 is 11.1 Å². The lowest BCUT2D eigenvalue weighted by molar-refractivity contribution is -0.137. The Bertz CT molecular complexity index is 466. The van der Waals surface area contributed by atoms with E-state index in [1.54, 1.807) is 14.0 Å². The molecule has 118 valence electrons. The summed E-state index contributed by atoms with van der Waals surface area (Å²) in [5, 5.41) is 8.08. The van der Waals surface area contributed by atoms with E-state index in [1.807, 2.05) is 0 Å². The van der Waals surface area contributed by atoms with Gasteiger partial charge in [0.2, 0.25) is 0 Å². The molecule has 1 aromatic carbocycles. The Balaban J connectivity index is 3.00. The molecule has 5 N–H and O–H groups in total. The lowest BCUT2D eigenvalue weighted by Crippen LogP contribution is -2.34. The van der Waals surface area contributed by atoms with E-state index in [9.17, 15) is 13.2 Å². The smallest absolute Gasteiger partial charge is 0.386 e. The predicted molar refractivity (Wildman–Crippen MR) is 76.1 cm³/mol. The number of nitrogens with one attached hydrogen (secondary N) is 1. The molecule has 1 aromatic rings. The van der Waals surface area contributed by atoms with Crippen LogP contribution < -0.4 is 16.9 Å². The van der Waals surface area contributed by atoms with Crippen molar-refractivity contribution in [1.29, 1.82) is 0 Å². The van der Waals surface area contributed by atoms with Crippen molar-refractivity contribution in [1.82, 2.24) is 10.4 Å². The van der Waals surface area contributed by atoms with Gasteiger partial charge in [-0.2, -0.15) is 13.2 Å². The van der Waals surface area contributed by atoms with Gasteiger partial charge in [0.25, 0.3) is 0 Å². The Morgan fingerprint density at radius 3 is 2.33 bits per heavy atom. The van der Waals surface area contributed by atoms with Gasteiger partial charge in [0.15, 0.2) is 0 Å². The quantitative estimate of drug-likeness (QED) is 0.324. The number of hydrogen-bond donors (Lipinski definition) is 3. The summed E-state index contributed by atoms with van der Waals surface area (Å²) in [5.41, 5.74) is 5.43. The highest BCUT2D eigenvalue weighted by molar-refractivity contribution is 5.77. The van der Waals surface area contributed by atoms with Gasteiger partial charge in [-0.1, -0.05) is 12.1 Å². The first-order valence-electron chi connectivity index (χ1n) is 6.42. The summed E-state index contributed by atoms with van der Waals surface area (Å²) in [6.45, 7) is 2.22. The van der Waals surface area contributed by atoms with Crippen LogP contribution in [0, 0.1) is 0 Å². The second kappa shape index (κ2) is 7.28. The average Bonchev–Trinajstić information content (AvgIpc) is 2.38. The first-order chi connectivity index (χ1) is 9.75. The number of nitrogens with zero attached hydrogens (tertiary/aromatic N) is 2. The zero-order chi connectivity index (χ0) is 16.0. The lowest BCUT2D eigenvalue weighted by Gasteiger charge is -2.25. The van der Waals surface area contributed by atoms with Crippen LogP contribution in [0.1, 0.15) is 30.5 Å². The zero-order valence-corrected chi connectivity index (χ0v) is 12.0. The number of hydrazone groups is 1. The number of rotatable bonds is 6. The fourth-order valence-electron chi connectivity index (χ4n) is 1.88. The first-order valence-corrected chi connectivity index (χ1v) is 6.42. The van der Waals surface area contributed by atoms with Crippen LogP contribution in [0.3, 0.4) is 0 Å². The topological polar surface area (TPSA) is 79.7 Å². The number of alkyl halides is 3. The van der Waals surface area contributed by atoms with Gasteiger partial charge >= 0.3 is 6.18 Å². The van der Waals surface area contributed by atoms with Crippen molar-refractivity contribution in [2.24, 2.45) is 16.7 Å². The summed E-state index contributed by atoms with van der Waals surface area (Å²) in [4.78, 5) is 0. The van der Waals surface area contributed by atoms with Crippen LogP contribution in [-0.2, 0) is 6.18 Å². The van der Waals surface area contributed by atoms with Gasteiger partial charge in [-0.25, -0.2) is 11.0 Å². The fraction of sp³-hybridized carbons (Fsp3) is 0.462. The average molecular weight is 303 g/mol. The highest BCUT2D eigenvalue weighted by Crippen LogP contribution is 2.31. The maximum atomic E-state index is 12.6. The van der Waals surface area contributed by atoms with Crippen molar-refractivity contribution in [3.05, 3.63) is 35.4 Å². The van der Waals surface area contributed by atoms with Gasteiger partial charge in [0.1, 0.15) is 5.84 Å². The minimum absolute atomic E-state index is 0.277. The van der Waals surface area contributed by atoms with E-state index >= 15 is 0 Å². The van der Waals surface area contributed by atoms with Crippen LogP contribution in [-0.4, -0.2) is 24.5 Å². The fourth-order valence-corrected chi connectivity index (χ4v) is 1.88. The summed E-state index contributed by atoms with van der Waals surface area (Å²) >= 11 is 0. The van der Waals surface area contributed by atoms with Crippen LogP contribution in [0.4, 0.5) is 13.2 Å². The Labute approximate surface area is 121 Å². The molecule has 1 unspecified atom stereocenters. The van der Waals surface area contributed by atoms with Crippen LogP contribution in [0.25, 0.3) is 0 Å². The first kappa shape index (κ1) is 17.3. The minimum Gasteiger partial charge on any atom is -0.386 e. The molecule has 8 heteroatoms. The molecule has 0 aromatic heterocycles. The van der Waals surface area contributed by atoms with Crippen molar-refractivity contribution < 1.29 is 13.2 Å². The van der Waals surface area contributed by atoms with E-state index < -0.39 is 11.7 Å². The van der Waals surface area contributed by atoms with E-state index in [2.05, 4.69) is 10.4 Å². The predicted octanol–water partition coefficient (Wildman–Crippen LogP) is 1.82. The van der Waals surface area contributed by atoms with E-state index in [4.69, 9.17) is 11.6 Å². The third-order valence-electron chi connectivity index (χ3n) is 2.88. The highest BCUT2D eigenvalue weighted by Gasteiger charge is 2.30. The Kier molecular flexibility index (Phi) is 5.98. The van der Waals surface area contributed by atoms with Crippen molar-refractivity contribution in [3.8, 4) is 0 Å². The summed E-state index contributed by atoms with van der Waals surface area (Å²) in [5.74, 6) is 6.11. The van der Waals surface area contributed by atoms with E-state index in [0.717, 1.165) is 12.1 Å². The monoisotopic (exact) mass is 303 g/mol. The maximum absolute atomic E-state index is 12.6. The molecule has 0 spiro atoms. The highest BCUT2D eigenvalue weighted by atomic mass is 19.4. The summed E-state index contributed by atoms with van der Waals surface area (Å²) in [6.07, 6.45) is -3.78. The van der Waals surface area contributed by atoms with Crippen LogP contribution in [0.15, 0.2) is 29.4 Å². The Morgan fingerprint density at radius 2 is 1.90 bits per heavy atom. The molecule has 0 bridgehead atoms. The number of nitrogens with two attached hydrogens (primary N) is 2. The van der Waals surface area contributed by atoms with Crippen molar-refractivity contribution in [2.45, 2.75) is 25.6 Å². The van der Waals surface area contributed by atoms with E-state index in [0.29, 0.717) is 18.5 Å². The summed E-state index contributed by atoms with van der Waals surface area (Å²) < 4.78 is 37.7. The number of hydrazine groups is 1. The van der Waals surface area contributed by atoms with Crippen LogP contribution in [0.5, 0.6) is 0 Å². The lowest BCUT2D eigenvalue weighted by atomic mass is 10.0. The van der Waals surface area contributed by atoms with E-state index in [-0.39, 0.29) is 11.9 Å². The number of halogens is 3. The molecule has 21 heavy (non-hydrogen) atoms. The number of benzene rings is 1. The summed E-state index contributed by atoms with van der Waals surface area (Å²) in [7, 11) is 1.78. The SMILES string of the molecule is CNCCC(c1ccc(C(F)(F)F)cc1)N(N)/N=C(/C)N.